The van der Waals surface area contributed by atoms with Crippen LogP contribution in [0.25, 0.3) is 5.65 Å². The van der Waals surface area contributed by atoms with Crippen LogP contribution >= 0.6 is 0 Å². The molecule has 0 saturated carbocycles. The van der Waals surface area contributed by atoms with E-state index in [1.807, 2.05) is 32.2 Å². The maximum atomic E-state index is 11.1. The van der Waals surface area contributed by atoms with Crippen LogP contribution in [-0.2, 0) is 10.8 Å². The first-order chi connectivity index (χ1) is 8.06. The second-order valence-corrected chi connectivity index (χ2v) is 5.66. The fourth-order valence-corrected chi connectivity index (χ4v) is 2.50. The molecule has 1 N–H and O–H groups in total. The minimum atomic E-state index is -0.816. The molecule has 0 amide bonds. The third-order valence-corrected chi connectivity index (χ3v) is 3.39. The lowest BCUT2D eigenvalue weighted by molar-refractivity contribution is 0.682. The average molecular weight is 252 g/mol. The van der Waals surface area contributed by atoms with E-state index < -0.39 is 10.8 Å². The van der Waals surface area contributed by atoms with E-state index in [4.69, 9.17) is 0 Å². The summed E-state index contributed by atoms with van der Waals surface area (Å²) in [7, 11) is -0.816. The van der Waals surface area contributed by atoms with Crippen LogP contribution in [0.1, 0.15) is 12.5 Å². The van der Waals surface area contributed by atoms with Gasteiger partial charge in [-0.1, -0.05) is 6.07 Å². The summed E-state index contributed by atoms with van der Waals surface area (Å²) in [6.07, 6.45) is 3.56. The largest absolute Gasteiger partial charge is 0.350 e. The van der Waals surface area contributed by atoms with Gasteiger partial charge in [-0.05, 0) is 25.5 Å². The molecule has 2 unspecified atom stereocenters. The summed E-state index contributed by atoms with van der Waals surface area (Å²) in [5, 5.41) is 7.47. The molecule has 0 aliphatic heterocycles. The van der Waals surface area contributed by atoms with Crippen molar-refractivity contribution < 1.29 is 4.21 Å². The molecule has 0 spiro atoms. The summed E-state index contributed by atoms with van der Waals surface area (Å²) in [4.78, 5) is 4.40. The molecule has 5 nitrogen and oxygen atoms in total. The normalized spacial score (nSPS) is 14.8. The summed E-state index contributed by atoms with van der Waals surface area (Å²) in [5.74, 6) is 1.17. The number of aromatic nitrogens is 3. The molecule has 0 fully saturated rings. The highest BCUT2D eigenvalue weighted by Gasteiger charge is 2.09. The summed E-state index contributed by atoms with van der Waals surface area (Å²) in [5.41, 5.74) is 1.93. The highest BCUT2D eigenvalue weighted by molar-refractivity contribution is 7.84. The van der Waals surface area contributed by atoms with Gasteiger partial charge in [-0.3, -0.25) is 4.21 Å². The molecule has 2 aromatic heterocycles. The third-order valence-electron chi connectivity index (χ3n) is 2.42. The van der Waals surface area contributed by atoms with E-state index in [-0.39, 0.29) is 6.04 Å². The first-order valence-electron chi connectivity index (χ1n) is 5.45. The lowest BCUT2D eigenvalue weighted by atomic mass is 10.3. The number of hydrogen-bond donors (Lipinski definition) is 1. The van der Waals surface area contributed by atoms with Crippen LogP contribution in [0.5, 0.6) is 0 Å². The first kappa shape index (κ1) is 12.0. The van der Waals surface area contributed by atoms with Gasteiger partial charge in [0.05, 0.1) is 0 Å². The molecular formula is C11H16N4OS. The molecule has 0 bridgehead atoms. The van der Waals surface area contributed by atoms with Crippen LogP contribution < -0.4 is 5.32 Å². The number of fused-ring (bicyclic) bond motifs is 1. The first-order valence-corrected chi connectivity index (χ1v) is 7.17. The van der Waals surface area contributed by atoms with Gasteiger partial charge in [0, 0.05) is 35.0 Å². The molecule has 2 aromatic rings. The number of nitrogens with zero attached hydrogens (tertiary/aromatic N) is 3. The fourth-order valence-electron chi connectivity index (χ4n) is 1.71. The smallest absolute Gasteiger partial charge is 0.243 e. The number of pyridine rings is 1. The van der Waals surface area contributed by atoms with Crippen molar-refractivity contribution in [3.05, 3.63) is 23.9 Å². The van der Waals surface area contributed by atoms with Crippen LogP contribution in [0.15, 0.2) is 18.3 Å². The molecule has 2 atom stereocenters. The van der Waals surface area contributed by atoms with Gasteiger partial charge in [0.25, 0.3) is 0 Å². The van der Waals surface area contributed by atoms with Crippen molar-refractivity contribution in [1.29, 1.82) is 0 Å². The van der Waals surface area contributed by atoms with Gasteiger partial charge < -0.3 is 5.32 Å². The Morgan fingerprint density at radius 3 is 3.00 bits per heavy atom. The van der Waals surface area contributed by atoms with Crippen LogP contribution in [0.3, 0.4) is 0 Å². The lowest BCUT2D eigenvalue weighted by Crippen LogP contribution is -2.22. The highest BCUT2D eigenvalue weighted by atomic mass is 32.2. The zero-order valence-corrected chi connectivity index (χ0v) is 11.0. The standard InChI is InChI=1S/C11H16N4OS/c1-8-5-4-6-15-10(8)13-11(14-15)12-9(2)7-17(3)16/h4-6,9H,7H2,1-3H3,(H,12,14). The maximum Gasteiger partial charge on any atom is 0.243 e. The van der Waals surface area contributed by atoms with Crippen LogP contribution in [0.2, 0.25) is 0 Å². The molecule has 0 radical (unpaired) electrons. The predicted octanol–water partition coefficient (Wildman–Crippen LogP) is 1.22. The van der Waals surface area contributed by atoms with Crippen molar-refractivity contribution in [3.63, 3.8) is 0 Å². The summed E-state index contributed by atoms with van der Waals surface area (Å²) in [6, 6.07) is 4.03. The van der Waals surface area contributed by atoms with E-state index >= 15 is 0 Å². The molecule has 6 heteroatoms. The maximum absolute atomic E-state index is 11.1. The molecule has 17 heavy (non-hydrogen) atoms. The van der Waals surface area contributed by atoms with Crippen molar-refractivity contribution in [3.8, 4) is 0 Å². The summed E-state index contributed by atoms with van der Waals surface area (Å²) < 4.78 is 12.8. The molecule has 0 aromatic carbocycles. The Labute approximate surface area is 103 Å². The van der Waals surface area contributed by atoms with E-state index in [1.54, 1.807) is 10.8 Å². The van der Waals surface area contributed by atoms with Crippen LogP contribution in [-0.4, -0.2) is 36.9 Å². The quantitative estimate of drug-likeness (QED) is 0.888. The molecule has 0 aliphatic carbocycles. The fraction of sp³-hybridized carbons (Fsp3) is 0.455. The van der Waals surface area contributed by atoms with Crippen molar-refractivity contribution in [2.45, 2.75) is 19.9 Å². The predicted molar refractivity (Wildman–Crippen MR) is 69.7 cm³/mol. The number of hydrogen-bond acceptors (Lipinski definition) is 4. The number of rotatable bonds is 4. The number of anilines is 1. The molecule has 2 rings (SSSR count). The zero-order chi connectivity index (χ0) is 12.4. The van der Waals surface area contributed by atoms with Gasteiger partial charge in [0.2, 0.25) is 5.95 Å². The van der Waals surface area contributed by atoms with Gasteiger partial charge in [-0.2, -0.15) is 4.98 Å². The Morgan fingerprint density at radius 2 is 2.35 bits per heavy atom. The monoisotopic (exact) mass is 252 g/mol. The number of aryl methyl sites for hydroxylation is 1. The van der Waals surface area contributed by atoms with Crippen LogP contribution in [0.4, 0.5) is 5.95 Å². The van der Waals surface area contributed by atoms with Crippen molar-refractivity contribution in [2.75, 3.05) is 17.3 Å². The molecule has 0 saturated heterocycles. The van der Waals surface area contributed by atoms with Crippen molar-refractivity contribution in [1.82, 2.24) is 14.6 Å². The van der Waals surface area contributed by atoms with Gasteiger partial charge in [-0.15, -0.1) is 5.10 Å². The van der Waals surface area contributed by atoms with Crippen molar-refractivity contribution in [2.24, 2.45) is 0 Å². The Hall–Kier alpha value is -1.43. The second-order valence-electron chi connectivity index (χ2n) is 4.18. The van der Waals surface area contributed by atoms with Gasteiger partial charge in [0.1, 0.15) is 0 Å². The molecule has 0 aliphatic rings. The minimum Gasteiger partial charge on any atom is -0.350 e. The molecule has 2 heterocycles. The second kappa shape index (κ2) is 4.83. The Morgan fingerprint density at radius 1 is 1.59 bits per heavy atom. The highest BCUT2D eigenvalue weighted by Crippen LogP contribution is 2.10. The van der Waals surface area contributed by atoms with E-state index in [9.17, 15) is 4.21 Å². The Bertz CT molecular complexity index is 551. The Balaban J connectivity index is 2.20. The summed E-state index contributed by atoms with van der Waals surface area (Å²) >= 11 is 0. The van der Waals surface area contributed by atoms with Gasteiger partial charge >= 0.3 is 0 Å². The van der Waals surface area contributed by atoms with Crippen LogP contribution in [0, 0.1) is 6.92 Å². The van der Waals surface area contributed by atoms with E-state index in [0.717, 1.165) is 11.2 Å². The minimum absolute atomic E-state index is 0.0959. The van der Waals surface area contributed by atoms with Gasteiger partial charge in [0.15, 0.2) is 5.65 Å². The Kier molecular flexibility index (Phi) is 3.42. The lowest BCUT2D eigenvalue weighted by Gasteiger charge is -2.09. The van der Waals surface area contributed by atoms with E-state index in [2.05, 4.69) is 15.4 Å². The number of nitrogens with one attached hydrogen (secondary N) is 1. The molecule has 92 valence electrons. The van der Waals surface area contributed by atoms with Gasteiger partial charge in [-0.25, -0.2) is 4.52 Å². The third kappa shape index (κ3) is 2.82. The molecular weight excluding hydrogens is 236 g/mol. The summed E-state index contributed by atoms with van der Waals surface area (Å²) in [6.45, 7) is 3.97. The topological polar surface area (TPSA) is 59.3 Å². The zero-order valence-electron chi connectivity index (χ0n) is 10.2. The van der Waals surface area contributed by atoms with E-state index in [1.165, 1.54) is 0 Å². The van der Waals surface area contributed by atoms with E-state index in [0.29, 0.717) is 11.7 Å². The SMILES string of the molecule is Cc1cccn2nc(NC(C)CS(C)=O)nc12. The van der Waals surface area contributed by atoms with Crippen molar-refractivity contribution >= 4 is 22.4 Å². The average Bonchev–Trinajstić information content (AvgIpc) is 2.60.